The molecule has 1 aliphatic rings. The molecular formula is C14H18N2O4. The minimum absolute atomic E-state index is 0.330. The molecule has 0 fully saturated rings. The first-order chi connectivity index (χ1) is 9.54. The summed E-state index contributed by atoms with van der Waals surface area (Å²) in [7, 11) is 0. The van der Waals surface area contributed by atoms with Crippen molar-refractivity contribution in [2.75, 3.05) is 6.61 Å². The molecular weight excluding hydrogens is 260 g/mol. The number of ether oxygens (including phenoxy) is 1. The maximum absolute atomic E-state index is 11.9. The third kappa shape index (κ3) is 2.74. The third-order valence-electron chi connectivity index (χ3n) is 3.22. The molecule has 0 amide bonds. The predicted octanol–water partition coefficient (Wildman–Crippen LogP) is 2.10. The minimum Gasteiger partial charge on any atom is -0.461 e. The van der Waals surface area contributed by atoms with Crippen LogP contribution in [0, 0.1) is 6.92 Å². The Bertz CT molecular complexity index is 572. The molecule has 0 atom stereocenters. The van der Waals surface area contributed by atoms with E-state index in [1.165, 1.54) is 6.92 Å². The van der Waals surface area contributed by atoms with E-state index in [2.05, 4.69) is 10.1 Å². The maximum Gasteiger partial charge on any atom is 0.355 e. The standard InChI is InChI=1S/C14H18N2O4/c1-4-19-14(18)13-8(2)12-10(15-13)6-5-7-11(12)16-20-9(3)17/h15H,4-7H2,1-3H3. The number of hydrogen-bond donors (Lipinski definition) is 1. The number of aryl methyl sites for hydroxylation is 1. The van der Waals surface area contributed by atoms with Crippen molar-refractivity contribution < 1.29 is 19.2 Å². The summed E-state index contributed by atoms with van der Waals surface area (Å²) in [6.45, 7) is 5.25. The fraction of sp³-hybridized carbons (Fsp3) is 0.500. The molecule has 1 aromatic heterocycles. The Morgan fingerprint density at radius 2 is 2.10 bits per heavy atom. The molecule has 1 heterocycles. The van der Waals surface area contributed by atoms with E-state index >= 15 is 0 Å². The lowest BCUT2D eigenvalue weighted by molar-refractivity contribution is -0.140. The quantitative estimate of drug-likeness (QED) is 0.521. The van der Waals surface area contributed by atoms with Crippen LogP contribution in [0.4, 0.5) is 0 Å². The molecule has 1 N–H and O–H groups in total. The molecule has 20 heavy (non-hydrogen) atoms. The molecule has 0 aliphatic heterocycles. The van der Waals surface area contributed by atoms with E-state index in [9.17, 15) is 9.59 Å². The SMILES string of the molecule is CCOC(=O)c1[nH]c2c(c1C)C(=NOC(C)=O)CCC2. The Kier molecular flexibility index (Phi) is 4.22. The van der Waals surface area contributed by atoms with Crippen molar-refractivity contribution in [2.24, 2.45) is 5.16 Å². The van der Waals surface area contributed by atoms with Crippen molar-refractivity contribution in [3.63, 3.8) is 0 Å². The van der Waals surface area contributed by atoms with Gasteiger partial charge >= 0.3 is 11.9 Å². The number of oxime groups is 1. The first-order valence-corrected chi connectivity index (χ1v) is 6.68. The normalized spacial score (nSPS) is 15.8. The van der Waals surface area contributed by atoms with Crippen molar-refractivity contribution in [1.29, 1.82) is 0 Å². The van der Waals surface area contributed by atoms with E-state index < -0.39 is 5.97 Å². The van der Waals surface area contributed by atoms with Crippen molar-refractivity contribution in [3.05, 3.63) is 22.5 Å². The van der Waals surface area contributed by atoms with Crippen LogP contribution in [0.15, 0.2) is 5.16 Å². The second kappa shape index (κ2) is 5.90. The zero-order valence-electron chi connectivity index (χ0n) is 11.9. The average molecular weight is 278 g/mol. The van der Waals surface area contributed by atoms with Crippen LogP contribution in [-0.4, -0.2) is 29.2 Å². The molecule has 0 bridgehead atoms. The van der Waals surface area contributed by atoms with E-state index in [4.69, 9.17) is 9.57 Å². The Hall–Kier alpha value is -2.11. The van der Waals surface area contributed by atoms with Crippen LogP contribution in [0.1, 0.15) is 54.0 Å². The van der Waals surface area contributed by atoms with Gasteiger partial charge in [-0.25, -0.2) is 9.59 Å². The van der Waals surface area contributed by atoms with Crippen molar-refractivity contribution in [2.45, 2.75) is 40.0 Å². The largest absolute Gasteiger partial charge is 0.461 e. The predicted molar refractivity (Wildman–Crippen MR) is 72.7 cm³/mol. The molecule has 1 aliphatic carbocycles. The second-order valence-corrected chi connectivity index (χ2v) is 4.67. The summed E-state index contributed by atoms with van der Waals surface area (Å²) in [6, 6.07) is 0. The molecule has 6 nitrogen and oxygen atoms in total. The van der Waals surface area contributed by atoms with E-state index in [-0.39, 0.29) is 5.97 Å². The number of aromatic nitrogens is 1. The molecule has 6 heteroatoms. The molecule has 0 aromatic carbocycles. The van der Waals surface area contributed by atoms with Gasteiger partial charge in [0.2, 0.25) is 0 Å². The van der Waals surface area contributed by atoms with Crippen LogP contribution < -0.4 is 0 Å². The average Bonchev–Trinajstić information content (AvgIpc) is 2.75. The van der Waals surface area contributed by atoms with Crippen LogP contribution in [0.3, 0.4) is 0 Å². The van der Waals surface area contributed by atoms with Crippen LogP contribution in [0.2, 0.25) is 0 Å². The van der Waals surface area contributed by atoms with Gasteiger partial charge in [-0.05, 0) is 38.7 Å². The molecule has 0 saturated heterocycles. The highest BCUT2D eigenvalue weighted by Gasteiger charge is 2.26. The lowest BCUT2D eigenvalue weighted by Crippen LogP contribution is -2.13. The Labute approximate surface area is 117 Å². The molecule has 2 rings (SSSR count). The highest BCUT2D eigenvalue weighted by atomic mass is 16.7. The maximum atomic E-state index is 11.9. The number of fused-ring (bicyclic) bond motifs is 1. The number of hydrogen-bond acceptors (Lipinski definition) is 5. The molecule has 1 aromatic rings. The van der Waals surface area contributed by atoms with Gasteiger partial charge in [0.25, 0.3) is 0 Å². The number of aromatic amines is 1. The number of esters is 1. The zero-order chi connectivity index (χ0) is 14.7. The van der Waals surface area contributed by atoms with E-state index in [0.717, 1.165) is 36.1 Å². The number of rotatable bonds is 3. The van der Waals surface area contributed by atoms with Crippen LogP contribution in [0.5, 0.6) is 0 Å². The van der Waals surface area contributed by atoms with E-state index in [1.807, 2.05) is 6.92 Å². The van der Waals surface area contributed by atoms with Gasteiger partial charge in [-0.15, -0.1) is 0 Å². The second-order valence-electron chi connectivity index (χ2n) is 4.67. The lowest BCUT2D eigenvalue weighted by Gasteiger charge is -2.13. The smallest absolute Gasteiger partial charge is 0.355 e. The van der Waals surface area contributed by atoms with Crippen LogP contribution in [-0.2, 0) is 20.8 Å². The molecule has 0 unspecified atom stereocenters. The van der Waals surface area contributed by atoms with Crippen molar-refractivity contribution >= 4 is 17.7 Å². The summed E-state index contributed by atoms with van der Waals surface area (Å²) in [6.07, 6.45) is 2.46. The van der Waals surface area contributed by atoms with E-state index in [1.54, 1.807) is 6.92 Å². The molecule has 0 spiro atoms. The summed E-state index contributed by atoms with van der Waals surface area (Å²) in [5.74, 6) is -0.824. The lowest BCUT2D eigenvalue weighted by atomic mass is 9.93. The fourth-order valence-electron chi connectivity index (χ4n) is 2.41. The van der Waals surface area contributed by atoms with Gasteiger partial charge in [-0.2, -0.15) is 0 Å². The Morgan fingerprint density at radius 3 is 2.75 bits per heavy atom. The van der Waals surface area contributed by atoms with Gasteiger partial charge in [0.05, 0.1) is 12.3 Å². The number of H-pyrrole nitrogens is 1. The van der Waals surface area contributed by atoms with Gasteiger partial charge in [0, 0.05) is 18.2 Å². The van der Waals surface area contributed by atoms with Gasteiger partial charge in [0.1, 0.15) is 5.69 Å². The third-order valence-corrected chi connectivity index (χ3v) is 3.22. The monoisotopic (exact) mass is 278 g/mol. The van der Waals surface area contributed by atoms with Crippen molar-refractivity contribution in [3.8, 4) is 0 Å². The minimum atomic E-state index is -0.455. The Morgan fingerprint density at radius 1 is 1.35 bits per heavy atom. The summed E-state index contributed by atoms with van der Waals surface area (Å²) in [5, 5.41) is 3.90. The summed E-state index contributed by atoms with van der Waals surface area (Å²) < 4.78 is 5.02. The fourth-order valence-corrected chi connectivity index (χ4v) is 2.41. The topological polar surface area (TPSA) is 80.8 Å². The van der Waals surface area contributed by atoms with Gasteiger partial charge in [-0.3, -0.25) is 0 Å². The van der Waals surface area contributed by atoms with E-state index in [0.29, 0.717) is 18.0 Å². The van der Waals surface area contributed by atoms with Crippen molar-refractivity contribution in [1.82, 2.24) is 4.98 Å². The first-order valence-electron chi connectivity index (χ1n) is 6.68. The van der Waals surface area contributed by atoms with Crippen LogP contribution >= 0.6 is 0 Å². The van der Waals surface area contributed by atoms with Gasteiger partial charge in [-0.1, -0.05) is 5.16 Å². The number of carbonyl (C=O) groups is 2. The molecule has 0 saturated carbocycles. The summed E-state index contributed by atoms with van der Waals surface area (Å²) in [5.41, 5.74) is 3.77. The number of nitrogens with one attached hydrogen (secondary N) is 1. The van der Waals surface area contributed by atoms with Gasteiger partial charge in [0.15, 0.2) is 0 Å². The highest BCUT2D eigenvalue weighted by molar-refractivity contribution is 6.06. The van der Waals surface area contributed by atoms with Gasteiger partial charge < -0.3 is 14.6 Å². The molecule has 0 radical (unpaired) electrons. The number of carbonyl (C=O) groups excluding carboxylic acids is 2. The first kappa shape index (κ1) is 14.3. The molecule has 108 valence electrons. The Balaban J connectivity index is 2.39. The highest BCUT2D eigenvalue weighted by Crippen LogP contribution is 2.27. The summed E-state index contributed by atoms with van der Waals surface area (Å²) >= 11 is 0. The number of nitrogens with zero attached hydrogens (tertiary/aromatic N) is 1. The zero-order valence-corrected chi connectivity index (χ0v) is 11.9. The summed E-state index contributed by atoms with van der Waals surface area (Å²) in [4.78, 5) is 30.6. The van der Waals surface area contributed by atoms with Crippen LogP contribution in [0.25, 0.3) is 0 Å².